The maximum Gasteiger partial charge on any atom is 0.410 e. The monoisotopic (exact) mass is 437 g/mol. The number of fused-ring (bicyclic) bond motifs is 1. The molecule has 146 valence electrons. The molecule has 2 aromatic heterocycles. The van der Waals surface area contributed by atoms with Crippen LogP contribution in [0.25, 0.3) is 11.0 Å². The second-order valence-corrected chi connectivity index (χ2v) is 9.78. The number of ether oxygens (including phenoxy) is 1. The number of pyridine rings is 1. The zero-order valence-electron chi connectivity index (χ0n) is 16.0. The molecule has 2 aromatic rings. The molecule has 0 unspecified atom stereocenters. The second-order valence-electron chi connectivity index (χ2n) is 8.93. The highest BCUT2D eigenvalue weighted by Gasteiger charge is 2.47. The summed E-state index contributed by atoms with van der Waals surface area (Å²) < 4.78 is 21.8. The van der Waals surface area contributed by atoms with E-state index in [2.05, 4.69) is 25.5 Å². The van der Waals surface area contributed by atoms with Crippen LogP contribution in [0.15, 0.2) is 22.8 Å². The third kappa shape index (κ3) is 3.58. The van der Waals surface area contributed by atoms with Gasteiger partial charge >= 0.3 is 6.09 Å². The van der Waals surface area contributed by atoms with Crippen molar-refractivity contribution < 1.29 is 13.9 Å². The Morgan fingerprint density at radius 1 is 1.33 bits per heavy atom. The molecule has 1 saturated carbocycles. The largest absolute Gasteiger partial charge is 0.444 e. The topological polar surface area (TPSA) is 47.4 Å². The van der Waals surface area contributed by atoms with Crippen LogP contribution < -0.4 is 0 Å². The fourth-order valence-corrected chi connectivity index (χ4v) is 4.70. The van der Waals surface area contributed by atoms with Crippen molar-refractivity contribution in [2.75, 3.05) is 13.1 Å². The first kappa shape index (κ1) is 18.7. The summed E-state index contributed by atoms with van der Waals surface area (Å²) in [5.74, 6) is -0.470. The van der Waals surface area contributed by atoms with Crippen molar-refractivity contribution in [2.45, 2.75) is 58.1 Å². The molecule has 27 heavy (non-hydrogen) atoms. The van der Waals surface area contributed by atoms with E-state index >= 15 is 0 Å². The number of rotatable bonds is 1. The summed E-state index contributed by atoms with van der Waals surface area (Å²) in [5, 5.41) is 0.948. The molecule has 0 bridgehead atoms. The molecule has 1 amide bonds. The van der Waals surface area contributed by atoms with E-state index in [1.807, 2.05) is 37.9 Å². The summed E-state index contributed by atoms with van der Waals surface area (Å²) in [6, 6.07) is 4.12. The molecule has 1 saturated heterocycles. The van der Waals surface area contributed by atoms with Gasteiger partial charge < -0.3 is 14.2 Å². The average Bonchev–Trinajstić information content (AvgIpc) is 2.94. The first-order chi connectivity index (χ1) is 12.7. The van der Waals surface area contributed by atoms with Crippen molar-refractivity contribution in [1.29, 1.82) is 0 Å². The summed E-state index contributed by atoms with van der Waals surface area (Å²) in [6.45, 7) is 7.17. The highest BCUT2D eigenvalue weighted by molar-refractivity contribution is 9.10. The SMILES string of the molecule is CC(C)(C)OC(=O)N1CCC2(CC1)CC(n1ccc3cc(Br)c(F)nc31)C2. The van der Waals surface area contributed by atoms with Crippen LogP contribution in [0.2, 0.25) is 0 Å². The van der Waals surface area contributed by atoms with Crippen LogP contribution in [-0.4, -0.2) is 39.2 Å². The molecule has 2 fully saturated rings. The minimum atomic E-state index is -0.470. The summed E-state index contributed by atoms with van der Waals surface area (Å²) in [6.07, 6.45) is 5.90. The Morgan fingerprint density at radius 2 is 2.00 bits per heavy atom. The Morgan fingerprint density at radius 3 is 2.63 bits per heavy atom. The van der Waals surface area contributed by atoms with Gasteiger partial charge in [-0.05, 0) is 79.9 Å². The van der Waals surface area contributed by atoms with E-state index in [0.29, 0.717) is 16.2 Å². The van der Waals surface area contributed by atoms with Gasteiger partial charge in [0.1, 0.15) is 11.2 Å². The van der Waals surface area contributed by atoms with Gasteiger partial charge in [0.15, 0.2) is 0 Å². The van der Waals surface area contributed by atoms with E-state index in [0.717, 1.165) is 44.2 Å². The van der Waals surface area contributed by atoms with Crippen molar-refractivity contribution in [3.05, 3.63) is 28.7 Å². The molecule has 3 heterocycles. The highest BCUT2D eigenvalue weighted by atomic mass is 79.9. The van der Waals surface area contributed by atoms with Crippen LogP contribution in [0.3, 0.4) is 0 Å². The molecule has 5 nitrogen and oxygen atoms in total. The zero-order valence-corrected chi connectivity index (χ0v) is 17.6. The molecule has 1 aliphatic carbocycles. The predicted octanol–water partition coefficient (Wildman–Crippen LogP) is 5.29. The molecular formula is C20H25BrFN3O2. The molecular weight excluding hydrogens is 413 g/mol. The quantitative estimate of drug-likeness (QED) is 0.569. The smallest absolute Gasteiger partial charge is 0.410 e. The average molecular weight is 438 g/mol. The van der Waals surface area contributed by atoms with Gasteiger partial charge in [-0.25, -0.2) is 9.78 Å². The van der Waals surface area contributed by atoms with Crippen LogP contribution in [0.5, 0.6) is 0 Å². The van der Waals surface area contributed by atoms with Gasteiger partial charge in [0.2, 0.25) is 5.95 Å². The Kier molecular flexibility index (Phi) is 4.48. The number of aromatic nitrogens is 2. The van der Waals surface area contributed by atoms with E-state index in [-0.39, 0.29) is 11.5 Å². The molecule has 4 rings (SSSR count). The van der Waals surface area contributed by atoms with Crippen LogP contribution in [0.4, 0.5) is 9.18 Å². The number of carbonyl (C=O) groups excluding carboxylic acids is 1. The second kappa shape index (κ2) is 6.47. The molecule has 1 aliphatic heterocycles. The third-order valence-corrected chi connectivity index (χ3v) is 6.36. The van der Waals surface area contributed by atoms with Crippen LogP contribution in [0, 0.1) is 11.4 Å². The Balaban J connectivity index is 1.39. The Bertz CT molecular complexity index is 873. The van der Waals surface area contributed by atoms with Crippen molar-refractivity contribution in [1.82, 2.24) is 14.5 Å². The molecule has 0 aromatic carbocycles. The summed E-state index contributed by atoms with van der Waals surface area (Å²) >= 11 is 3.20. The van der Waals surface area contributed by atoms with Gasteiger partial charge in [-0.2, -0.15) is 4.39 Å². The lowest BCUT2D eigenvalue weighted by atomic mass is 9.60. The molecule has 0 atom stereocenters. The lowest BCUT2D eigenvalue weighted by Crippen LogP contribution is -2.50. The van der Waals surface area contributed by atoms with Crippen molar-refractivity contribution in [2.24, 2.45) is 5.41 Å². The number of nitrogens with zero attached hydrogens (tertiary/aromatic N) is 3. The lowest BCUT2D eigenvalue weighted by molar-refractivity contribution is -0.0226. The first-order valence-electron chi connectivity index (χ1n) is 9.46. The molecule has 7 heteroatoms. The standard InChI is InChI=1S/C20H25BrFN3O2/c1-19(2,3)27-18(26)24-8-5-20(6-9-24)11-14(12-20)25-7-4-13-10-15(21)16(22)23-17(13)25/h4,7,10,14H,5-6,8-9,11-12H2,1-3H3. The van der Waals surface area contributed by atoms with E-state index in [1.165, 1.54) is 0 Å². The fourth-order valence-electron chi connectivity index (χ4n) is 4.36. The number of piperidine rings is 1. The van der Waals surface area contributed by atoms with Gasteiger partial charge in [-0.15, -0.1) is 0 Å². The van der Waals surface area contributed by atoms with E-state index in [4.69, 9.17) is 4.74 Å². The number of carbonyl (C=O) groups is 1. The van der Waals surface area contributed by atoms with Crippen molar-refractivity contribution in [3.63, 3.8) is 0 Å². The lowest BCUT2D eigenvalue weighted by Gasteiger charge is -2.52. The fraction of sp³-hybridized carbons (Fsp3) is 0.600. The highest BCUT2D eigenvalue weighted by Crippen LogP contribution is 2.55. The summed E-state index contributed by atoms with van der Waals surface area (Å²) in [5.41, 5.74) is 0.538. The number of halogens is 2. The van der Waals surface area contributed by atoms with E-state index < -0.39 is 11.5 Å². The Hall–Kier alpha value is -1.63. The summed E-state index contributed by atoms with van der Waals surface area (Å²) in [4.78, 5) is 18.2. The Labute approximate surface area is 167 Å². The maximum absolute atomic E-state index is 13.9. The minimum Gasteiger partial charge on any atom is -0.444 e. The van der Waals surface area contributed by atoms with Crippen molar-refractivity contribution >= 4 is 33.1 Å². The number of hydrogen-bond donors (Lipinski definition) is 0. The number of amides is 1. The van der Waals surface area contributed by atoms with Gasteiger partial charge in [0.25, 0.3) is 0 Å². The molecule has 1 spiro atoms. The molecule has 0 radical (unpaired) electrons. The van der Waals surface area contributed by atoms with Crippen molar-refractivity contribution in [3.8, 4) is 0 Å². The van der Waals surface area contributed by atoms with Crippen LogP contribution >= 0.6 is 15.9 Å². The third-order valence-electron chi connectivity index (χ3n) is 5.81. The van der Waals surface area contributed by atoms with Gasteiger partial charge in [0, 0.05) is 30.7 Å². The first-order valence-corrected chi connectivity index (χ1v) is 10.3. The van der Waals surface area contributed by atoms with Gasteiger partial charge in [0.05, 0.1) is 4.47 Å². The molecule has 0 N–H and O–H groups in total. The maximum atomic E-state index is 13.9. The van der Waals surface area contributed by atoms with E-state index in [1.54, 1.807) is 6.07 Å². The number of hydrogen-bond acceptors (Lipinski definition) is 3. The van der Waals surface area contributed by atoms with Gasteiger partial charge in [-0.3, -0.25) is 0 Å². The zero-order chi connectivity index (χ0) is 19.4. The summed E-state index contributed by atoms with van der Waals surface area (Å²) in [7, 11) is 0. The normalized spacial score (nSPS) is 20.1. The number of likely N-dealkylation sites (tertiary alicyclic amines) is 1. The molecule has 2 aliphatic rings. The minimum absolute atomic E-state index is 0.213. The van der Waals surface area contributed by atoms with Crippen LogP contribution in [0.1, 0.15) is 52.5 Å². The predicted molar refractivity (Wildman–Crippen MR) is 105 cm³/mol. The van der Waals surface area contributed by atoms with Crippen LogP contribution in [-0.2, 0) is 4.74 Å². The van der Waals surface area contributed by atoms with Gasteiger partial charge in [-0.1, -0.05) is 0 Å². The van der Waals surface area contributed by atoms with E-state index in [9.17, 15) is 9.18 Å².